The summed E-state index contributed by atoms with van der Waals surface area (Å²) in [6.45, 7) is 3.44. The molecule has 1 N–H and O–H groups in total. The summed E-state index contributed by atoms with van der Waals surface area (Å²) in [5, 5.41) is 3.49. The highest BCUT2D eigenvalue weighted by molar-refractivity contribution is 5.78. The van der Waals surface area contributed by atoms with Crippen molar-refractivity contribution in [2.45, 2.75) is 6.04 Å². The van der Waals surface area contributed by atoms with Crippen LogP contribution in [0.1, 0.15) is 17.2 Å². The maximum Gasteiger partial charge on any atom is 0.236 e. The molecule has 5 nitrogen and oxygen atoms in total. The third-order valence-electron chi connectivity index (χ3n) is 5.79. The van der Waals surface area contributed by atoms with Crippen molar-refractivity contribution < 1.29 is 9.53 Å². The van der Waals surface area contributed by atoms with Gasteiger partial charge >= 0.3 is 0 Å². The van der Waals surface area contributed by atoms with Crippen LogP contribution in [-0.4, -0.2) is 50.6 Å². The lowest BCUT2D eigenvalue weighted by atomic mass is 9.99. The third-order valence-corrected chi connectivity index (χ3v) is 5.79. The quantitative estimate of drug-likeness (QED) is 0.639. The Balaban J connectivity index is 1.34. The van der Waals surface area contributed by atoms with Gasteiger partial charge in [-0.05, 0) is 35.4 Å². The molecule has 1 saturated heterocycles. The number of nitrogens with zero attached hydrogens (tertiary/aromatic N) is 2. The van der Waals surface area contributed by atoms with Crippen LogP contribution in [0.3, 0.4) is 0 Å². The van der Waals surface area contributed by atoms with Crippen LogP contribution in [0.2, 0.25) is 0 Å². The van der Waals surface area contributed by atoms with Crippen molar-refractivity contribution in [3.8, 4) is 5.75 Å². The van der Waals surface area contributed by atoms with Gasteiger partial charge in [-0.3, -0.25) is 10.1 Å². The number of nitrogens with one attached hydrogen (secondary N) is 1. The van der Waals surface area contributed by atoms with Crippen LogP contribution in [0.15, 0.2) is 84.9 Å². The smallest absolute Gasteiger partial charge is 0.236 e. The number of hydrogen-bond donors (Lipinski definition) is 1. The zero-order chi connectivity index (χ0) is 21.5. The molecule has 5 heteroatoms. The monoisotopic (exact) mass is 415 g/mol. The minimum Gasteiger partial charge on any atom is -0.497 e. The number of piperazine rings is 1. The van der Waals surface area contributed by atoms with E-state index in [1.807, 2.05) is 53.4 Å². The SMILES string of the molecule is COc1ccc(N2CCN(C(=O)CNC(c3ccccc3)c3ccccc3)CC2)cc1. The lowest BCUT2D eigenvalue weighted by Crippen LogP contribution is -2.51. The maximum absolute atomic E-state index is 12.9. The van der Waals surface area contributed by atoms with Gasteiger partial charge in [0.15, 0.2) is 0 Å². The van der Waals surface area contributed by atoms with Gasteiger partial charge in [-0.25, -0.2) is 0 Å². The van der Waals surface area contributed by atoms with E-state index in [-0.39, 0.29) is 11.9 Å². The zero-order valence-electron chi connectivity index (χ0n) is 17.9. The highest BCUT2D eigenvalue weighted by Gasteiger charge is 2.22. The predicted molar refractivity (Wildman–Crippen MR) is 125 cm³/mol. The summed E-state index contributed by atoms with van der Waals surface area (Å²) < 4.78 is 5.24. The second kappa shape index (κ2) is 10.1. The number of benzene rings is 3. The molecule has 0 aliphatic carbocycles. The second-order valence-corrected chi connectivity index (χ2v) is 7.70. The van der Waals surface area contributed by atoms with E-state index >= 15 is 0 Å². The number of hydrogen-bond acceptors (Lipinski definition) is 4. The Hall–Kier alpha value is -3.31. The maximum atomic E-state index is 12.9. The van der Waals surface area contributed by atoms with Gasteiger partial charge in [0.1, 0.15) is 5.75 Å². The van der Waals surface area contributed by atoms with Gasteiger partial charge in [-0.15, -0.1) is 0 Å². The molecule has 0 bridgehead atoms. The molecule has 4 rings (SSSR count). The largest absolute Gasteiger partial charge is 0.497 e. The van der Waals surface area contributed by atoms with Crippen molar-refractivity contribution >= 4 is 11.6 Å². The molecule has 3 aromatic carbocycles. The first-order valence-corrected chi connectivity index (χ1v) is 10.7. The number of carbonyl (C=O) groups is 1. The third kappa shape index (κ3) is 5.25. The van der Waals surface area contributed by atoms with Gasteiger partial charge in [-0.1, -0.05) is 60.7 Å². The van der Waals surface area contributed by atoms with Crippen molar-refractivity contribution in [2.75, 3.05) is 44.7 Å². The standard InChI is InChI=1S/C26H29N3O2/c1-31-24-14-12-23(13-15-24)28-16-18-29(19-17-28)25(30)20-27-26(21-8-4-2-5-9-21)22-10-6-3-7-11-22/h2-15,26-27H,16-20H2,1H3. The molecule has 1 aliphatic rings. The van der Waals surface area contributed by atoms with Crippen LogP contribution in [0.25, 0.3) is 0 Å². The topological polar surface area (TPSA) is 44.8 Å². The Bertz CT molecular complexity index is 913. The molecule has 0 atom stereocenters. The molecule has 1 heterocycles. The molecule has 0 spiro atoms. The molecule has 1 aliphatic heterocycles. The highest BCUT2D eigenvalue weighted by atomic mass is 16.5. The van der Waals surface area contributed by atoms with Crippen LogP contribution >= 0.6 is 0 Å². The number of amides is 1. The molecule has 0 radical (unpaired) electrons. The molecule has 0 saturated carbocycles. The Morgan fingerprint density at radius 3 is 1.90 bits per heavy atom. The molecule has 31 heavy (non-hydrogen) atoms. The lowest BCUT2D eigenvalue weighted by molar-refractivity contribution is -0.130. The molecular weight excluding hydrogens is 386 g/mol. The van der Waals surface area contributed by atoms with Crippen molar-refractivity contribution in [3.05, 3.63) is 96.1 Å². The first-order valence-electron chi connectivity index (χ1n) is 10.7. The Morgan fingerprint density at radius 1 is 0.839 bits per heavy atom. The summed E-state index contributed by atoms with van der Waals surface area (Å²) in [5.41, 5.74) is 3.48. The van der Waals surface area contributed by atoms with E-state index < -0.39 is 0 Å². The Labute approximate surface area is 184 Å². The fourth-order valence-corrected chi connectivity index (χ4v) is 4.03. The van der Waals surface area contributed by atoms with Crippen LogP contribution < -0.4 is 15.0 Å². The molecular formula is C26H29N3O2. The summed E-state index contributed by atoms with van der Waals surface area (Å²) in [4.78, 5) is 17.2. The minimum absolute atomic E-state index is 0.00746. The highest BCUT2D eigenvalue weighted by Crippen LogP contribution is 2.22. The average Bonchev–Trinajstić information content (AvgIpc) is 2.85. The van der Waals surface area contributed by atoms with E-state index in [2.05, 4.69) is 46.6 Å². The fraction of sp³-hybridized carbons (Fsp3) is 0.269. The molecule has 1 fully saturated rings. The summed E-state index contributed by atoms with van der Waals surface area (Å²) in [6.07, 6.45) is 0. The van der Waals surface area contributed by atoms with Gasteiger partial charge in [0, 0.05) is 31.9 Å². The fourth-order valence-electron chi connectivity index (χ4n) is 4.03. The van der Waals surface area contributed by atoms with Gasteiger partial charge in [0.2, 0.25) is 5.91 Å². The number of methoxy groups -OCH3 is 1. The van der Waals surface area contributed by atoms with Crippen molar-refractivity contribution in [2.24, 2.45) is 0 Å². The summed E-state index contributed by atoms with van der Waals surface area (Å²) in [7, 11) is 1.67. The van der Waals surface area contributed by atoms with E-state index in [1.54, 1.807) is 7.11 Å². The van der Waals surface area contributed by atoms with Gasteiger partial charge in [0.05, 0.1) is 19.7 Å². The van der Waals surface area contributed by atoms with E-state index in [0.717, 1.165) is 43.1 Å². The van der Waals surface area contributed by atoms with Gasteiger partial charge in [-0.2, -0.15) is 0 Å². The van der Waals surface area contributed by atoms with Gasteiger partial charge in [0.25, 0.3) is 0 Å². The summed E-state index contributed by atoms with van der Waals surface area (Å²) in [6, 6.07) is 28.7. The zero-order valence-corrected chi connectivity index (χ0v) is 17.9. The average molecular weight is 416 g/mol. The van der Waals surface area contributed by atoms with Crippen LogP contribution in [0, 0.1) is 0 Å². The molecule has 0 aromatic heterocycles. The van der Waals surface area contributed by atoms with E-state index in [1.165, 1.54) is 5.69 Å². The minimum atomic E-state index is -0.00746. The van der Waals surface area contributed by atoms with E-state index in [4.69, 9.17) is 4.74 Å². The first kappa shape index (κ1) is 20.9. The molecule has 0 unspecified atom stereocenters. The lowest BCUT2D eigenvalue weighted by Gasteiger charge is -2.36. The Kier molecular flexibility index (Phi) is 6.85. The van der Waals surface area contributed by atoms with Crippen LogP contribution in [-0.2, 0) is 4.79 Å². The normalized spacial score (nSPS) is 14.0. The summed E-state index contributed by atoms with van der Waals surface area (Å²) >= 11 is 0. The van der Waals surface area contributed by atoms with Crippen molar-refractivity contribution in [1.82, 2.24) is 10.2 Å². The Morgan fingerprint density at radius 2 is 1.39 bits per heavy atom. The van der Waals surface area contributed by atoms with E-state index in [9.17, 15) is 4.79 Å². The van der Waals surface area contributed by atoms with Gasteiger partial charge < -0.3 is 14.5 Å². The summed E-state index contributed by atoms with van der Waals surface area (Å²) in [5.74, 6) is 1.00. The van der Waals surface area contributed by atoms with E-state index in [0.29, 0.717) is 6.54 Å². The van der Waals surface area contributed by atoms with Crippen LogP contribution in [0.5, 0.6) is 5.75 Å². The molecule has 3 aromatic rings. The molecule has 160 valence electrons. The number of anilines is 1. The first-order chi connectivity index (χ1) is 15.2. The predicted octanol–water partition coefficient (Wildman–Crippen LogP) is 3.72. The number of carbonyl (C=O) groups excluding carboxylic acids is 1. The number of ether oxygens (including phenoxy) is 1. The van der Waals surface area contributed by atoms with Crippen molar-refractivity contribution in [1.29, 1.82) is 0 Å². The molecule has 1 amide bonds. The van der Waals surface area contributed by atoms with Crippen molar-refractivity contribution in [3.63, 3.8) is 0 Å². The second-order valence-electron chi connectivity index (χ2n) is 7.70. The number of rotatable bonds is 7. The van der Waals surface area contributed by atoms with Crippen LogP contribution in [0.4, 0.5) is 5.69 Å².